The summed E-state index contributed by atoms with van der Waals surface area (Å²) in [5, 5.41) is 12.8. The number of nitrogens with one attached hydrogen (secondary N) is 1. The number of carbonyl (C=O) groups is 1. The van der Waals surface area contributed by atoms with Crippen LogP contribution in [0.15, 0.2) is 58.8 Å². The van der Waals surface area contributed by atoms with Gasteiger partial charge in [0.15, 0.2) is 0 Å². The van der Waals surface area contributed by atoms with E-state index >= 15 is 0 Å². The monoisotopic (exact) mass is 386 g/mol. The van der Waals surface area contributed by atoms with E-state index in [1.165, 1.54) is 35.2 Å². The number of anilines is 1. The van der Waals surface area contributed by atoms with Crippen LogP contribution in [0.5, 0.6) is 0 Å². The summed E-state index contributed by atoms with van der Waals surface area (Å²) in [6, 6.07) is 8.96. The molecular formula is C15H14N8O3S. The van der Waals surface area contributed by atoms with E-state index in [1.54, 1.807) is 24.5 Å². The van der Waals surface area contributed by atoms with E-state index in [9.17, 15) is 13.2 Å². The lowest BCUT2D eigenvalue weighted by Crippen LogP contribution is -2.19. The number of hydrogen-bond acceptors (Lipinski definition) is 8. The van der Waals surface area contributed by atoms with Crippen LogP contribution in [0.3, 0.4) is 0 Å². The zero-order chi connectivity index (χ0) is 19.4. The minimum absolute atomic E-state index is 0.0558. The molecule has 5 N–H and O–H groups in total. The third-order valence-electron chi connectivity index (χ3n) is 3.31. The van der Waals surface area contributed by atoms with Crippen molar-refractivity contribution in [2.45, 2.75) is 4.90 Å². The van der Waals surface area contributed by atoms with E-state index in [0.717, 1.165) is 0 Å². The molecule has 0 atom stereocenters. The molecule has 0 bridgehead atoms. The third-order valence-corrected chi connectivity index (χ3v) is 4.24. The van der Waals surface area contributed by atoms with Crippen LogP contribution >= 0.6 is 0 Å². The summed E-state index contributed by atoms with van der Waals surface area (Å²) >= 11 is 0. The highest BCUT2D eigenvalue weighted by Gasteiger charge is 2.16. The first-order valence-corrected chi connectivity index (χ1v) is 8.98. The fourth-order valence-electron chi connectivity index (χ4n) is 2.06. The fourth-order valence-corrected chi connectivity index (χ4v) is 2.57. The summed E-state index contributed by atoms with van der Waals surface area (Å²) in [6.45, 7) is 0. The number of nitrogen functional groups attached to an aromatic ring is 1. The summed E-state index contributed by atoms with van der Waals surface area (Å²) < 4.78 is 23.8. The average molecular weight is 386 g/mol. The minimum atomic E-state index is -3.81. The largest absolute Gasteiger partial charge is 0.368 e. The molecule has 3 aromatic rings. The molecule has 2 heterocycles. The van der Waals surface area contributed by atoms with E-state index in [4.69, 9.17) is 10.9 Å². The lowest BCUT2D eigenvalue weighted by Gasteiger charge is -2.03. The van der Waals surface area contributed by atoms with E-state index in [2.05, 4.69) is 25.6 Å². The Hall–Kier alpha value is -3.64. The van der Waals surface area contributed by atoms with E-state index in [1.807, 2.05) is 0 Å². The van der Waals surface area contributed by atoms with Crippen LogP contribution in [-0.2, 0) is 10.0 Å². The Kier molecular flexibility index (Phi) is 4.92. The van der Waals surface area contributed by atoms with E-state index in [0.29, 0.717) is 11.3 Å². The maximum atomic E-state index is 12.1. The topological polar surface area (TPSA) is 171 Å². The molecule has 0 aliphatic heterocycles. The van der Waals surface area contributed by atoms with Crippen molar-refractivity contribution in [2.24, 2.45) is 10.2 Å². The lowest BCUT2D eigenvalue weighted by molar-refractivity contribution is 0.0945. The molecule has 0 unspecified atom stereocenters. The van der Waals surface area contributed by atoms with Crippen molar-refractivity contribution in [3.05, 3.63) is 60.2 Å². The number of pyridine rings is 1. The molecule has 12 heteroatoms. The molecule has 0 radical (unpaired) electrons. The second-order valence-corrected chi connectivity index (χ2v) is 6.79. The van der Waals surface area contributed by atoms with Gasteiger partial charge in [-0.3, -0.25) is 9.78 Å². The van der Waals surface area contributed by atoms with Gasteiger partial charge in [-0.25, -0.2) is 19.0 Å². The molecule has 11 nitrogen and oxygen atoms in total. The van der Waals surface area contributed by atoms with Gasteiger partial charge in [-0.05, 0) is 30.3 Å². The van der Waals surface area contributed by atoms with Gasteiger partial charge < -0.3 is 5.73 Å². The summed E-state index contributed by atoms with van der Waals surface area (Å²) in [5.74, 6) is -0.923. The van der Waals surface area contributed by atoms with Crippen molar-refractivity contribution >= 4 is 28.1 Å². The first kappa shape index (κ1) is 18.2. The molecule has 3 rings (SSSR count). The average Bonchev–Trinajstić information content (AvgIpc) is 3.04. The van der Waals surface area contributed by atoms with Gasteiger partial charge in [-0.2, -0.15) is 14.8 Å². The quantitative estimate of drug-likeness (QED) is 0.397. The molecular weight excluding hydrogens is 372 g/mol. The number of primary sulfonamides is 1. The highest BCUT2D eigenvalue weighted by atomic mass is 32.2. The van der Waals surface area contributed by atoms with Gasteiger partial charge in [-0.15, -0.1) is 5.10 Å². The molecule has 27 heavy (non-hydrogen) atoms. The summed E-state index contributed by atoms with van der Waals surface area (Å²) in [4.78, 5) is 19.8. The Bertz CT molecular complexity index is 1090. The number of amides is 1. The van der Waals surface area contributed by atoms with E-state index < -0.39 is 15.9 Å². The molecule has 138 valence electrons. The fraction of sp³-hybridized carbons (Fsp3) is 0. The number of aromatic nitrogens is 4. The van der Waals surface area contributed by atoms with Crippen molar-refractivity contribution in [1.29, 1.82) is 0 Å². The second-order valence-electron chi connectivity index (χ2n) is 5.23. The zero-order valence-corrected chi connectivity index (χ0v) is 14.5. The highest BCUT2D eigenvalue weighted by molar-refractivity contribution is 7.89. The van der Waals surface area contributed by atoms with Gasteiger partial charge in [0, 0.05) is 18.0 Å². The van der Waals surface area contributed by atoms with Crippen molar-refractivity contribution in [1.82, 2.24) is 25.2 Å². The molecule has 0 fully saturated rings. The van der Waals surface area contributed by atoms with Crippen molar-refractivity contribution in [2.75, 3.05) is 5.73 Å². The van der Waals surface area contributed by atoms with Gasteiger partial charge in [0.25, 0.3) is 0 Å². The molecule has 0 spiro atoms. The molecule has 0 aliphatic carbocycles. The van der Waals surface area contributed by atoms with Crippen LogP contribution in [0.2, 0.25) is 0 Å². The van der Waals surface area contributed by atoms with Crippen LogP contribution in [0.25, 0.3) is 5.69 Å². The minimum Gasteiger partial charge on any atom is -0.368 e. The molecule has 0 aliphatic rings. The van der Waals surface area contributed by atoms with Crippen LogP contribution < -0.4 is 16.3 Å². The number of rotatable bonds is 5. The molecule has 1 aromatic carbocycles. The Balaban J connectivity index is 1.76. The van der Waals surface area contributed by atoms with Crippen LogP contribution in [0, 0.1) is 0 Å². The Morgan fingerprint density at radius 1 is 1.22 bits per heavy atom. The highest BCUT2D eigenvalue weighted by Crippen LogP contribution is 2.14. The summed E-state index contributed by atoms with van der Waals surface area (Å²) in [6.07, 6.45) is 4.60. The predicted octanol–water partition coefficient (Wildman–Crippen LogP) is -0.344. The number of nitrogens with two attached hydrogens (primary N) is 2. The van der Waals surface area contributed by atoms with E-state index in [-0.39, 0.29) is 16.7 Å². The Morgan fingerprint density at radius 3 is 2.59 bits per heavy atom. The number of hydrazone groups is 1. The van der Waals surface area contributed by atoms with Gasteiger partial charge >= 0.3 is 5.91 Å². The van der Waals surface area contributed by atoms with Gasteiger partial charge in [-0.1, -0.05) is 6.07 Å². The van der Waals surface area contributed by atoms with Crippen LogP contribution in [0.1, 0.15) is 16.2 Å². The SMILES string of the molecule is Nc1nc(C(=O)N/N=C/c2cccnc2)nn1-c1ccc(S(N)(=O)=O)cc1. The normalized spacial score (nSPS) is 11.6. The summed E-state index contributed by atoms with van der Waals surface area (Å²) in [7, 11) is -3.81. The number of sulfonamides is 1. The molecule has 2 aromatic heterocycles. The van der Waals surface area contributed by atoms with Crippen LogP contribution in [-0.4, -0.2) is 40.3 Å². The lowest BCUT2D eigenvalue weighted by atomic mass is 10.3. The van der Waals surface area contributed by atoms with Gasteiger partial charge in [0.2, 0.25) is 21.8 Å². The smallest absolute Gasteiger partial charge is 0.311 e. The molecule has 1 amide bonds. The maximum absolute atomic E-state index is 12.1. The maximum Gasteiger partial charge on any atom is 0.311 e. The Labute approximate surface area is 153 Å². The van der Waals surface area contributed by atoms with Crippen molar-refractivity contribution in [3.8, 4) is 5.69 Å². The third kappa shape index (κ3) is 4.31. The van der Waals surface area contributed by atoms with Crippen LogP contribution in [0.4, 0.5) is 5.95 Å². The first-order valence-electron chi connectivity index (χ1n) is 7.44. The summed E-state index contributed by atoms with van der Waals surface area (Å²) in [5.41, 5.74) is 9.16. The standard InChI is InChI=1S/C15H14N8O3S/c16-15-20-13(14(24)21-19-9-10-2-1-7-18-8-10)22-23(15)11-3-5-12(6-4-11)27(17,25)26/h1-9H,(H,21,24)(H2,16,20,22)(H2,17,25,26)/b19-9+. The van der Waals surface area contributed by atoms with Crippen molar-refractivity contribution < 1.29 is 13.2 Å². The number of benzene rings is 1. The second kappa shape index (κ2) is 7.31. The van der Waals surface area contributed by atoms with Gasteiger partial charge in [0.05, 0.1) is 16.8 Å². The zero-order valence-electron chi connectivity index (χ0n) is 13.7. The predicted molar refractivity (Wildman–Crippen MR) is 96.4 cm³/mol. The van der Waals surface area contributed by atoms with Crippen molar-refractivity contribution in [3.63, 3.8) is 0 Å². The molecule has 0 saturated carbocycles. The van der Waals surface area contributed by atoms with Gasteiger partial charge in [0.1, 0.15) is 0 Å². The number of nitrogens with zero attached hydrogens (tertiary/aromatic N) is 5. The molecule has 0 saturated heterocycles. The first-order chi connectivity index (χ1) is 12.8. The number of carbonyl (C=O) groups excluding carboxylic acids is 1. The Morgan fingerprint density at radius 2 is 1.96 bits per heavy atom. The number of hydrogen-bond donors (Lipinski definition) is 3.